The maximum atomic E-state index is 13.9. The van der Waals surface area contributed by atoms with E-state index < -0.39 is 10.0 Å². The summed E-state index contributed by atoms with van der Waals surface area (Å²) in [6, 6.07) is 18.2. The quantitative estimate of drug-likeness (QED) is 0.246. The lowest BCUT2D eigenvalue weighted by molar-refractivity contribution is -0.135. The van der Waals surface area contributed by atoms with Gasteiger partial charge in [-0.05, 0) is 60.9 Å². The van der Waals surface area contributed by atoms with Crippen molar-refractivity contribution < 1.29 is 17.9 Å². The lowest BCUT2D eigenvalue weighted by Crippen LogP contribution is -2.48. The molecule has 1 amide bonds. The van der Waals surface area contributed by atoms with E-state index in [2.05, 4.69) is 20.5 Å². The highest BCUT2D eigenvalue weighted by Gasteiger charge is 2.32. The molecular formula is C29H35BrClN3O4S. The van der Waals surface area contributed by atoms with Crippen LogP contribution in [0, 0.1) is 0 Å². The van der Waals surface area contributed by atoms with Crippen LogP contribution in [-0.2, 0) is 32.6 Å². The van der Waals surface area contributed by atoms with Crippen LogP contribution in [0.5, 0.6) is 0 Å². The number of aromatic nitrogens is 1. The first kappa shape index (κ1) is 29.8. The van der Waals surface area contributed by atoms with Crippen molar-refractivity contribution in [2.45, 2.75) is 56.1 Å². The number of hydrogen-bond donors (Lipinski definition) is 0. The van der Waals surface area contributed by atoms with E-state index in [0.717, 1.165) is 47.8 Å². The zero-order chi connectivity index (χ0) is 27.8. The largest absolute Gasteiger partial charge is 0.383 e. The van der Waals surface area contributed by atoms with Crippen molar-refractivity contribution in [2.75, 3.05) is 26.8 Å². The number of nitrogens with zero attached hydrogens (tertiary/aromatic N) is 3. The number of sulfonamides is 1. The number of halogens is 2. The van der Waals surface area contributed by atoms with Crippen molar-refractivity contribution >= 4 is 43.5 Å². The fourth-order valence-corrected chi connectivity index (χ4v) is 6.85. The zero-order valence-corrected chi connectivity index (χ0v) is 25.3. The summed E-state index contributed by atoms with van der Waals surface area (Å²) in [7, 11) is -2.38. The molecule has 0 bridgehead atoms. The number of methoxy groups -OCH3 is 1. The Balaban J connectivity index is 1.59. The van der Waals surface area contributed by atoms with E-state index in [1.807, 2.05) is 47.5 Å². The molecule has 0 radical (unpaired) electrons. The molecule has 0 atom stereocenters. The zero-order valence-electron chi connectivity index (χ0n) is 22.1. The lowest BCUT2D eigenvalue weighted by atomic mass is 9.94. The fourth-order valence-electron chi connectivity index (χ4n) is 5.02. The Hall–Kier alpha value is -2.17. The molecule has 210 valence electrons. The van der Waals surface area contributed by atoms with Crippen LogP contribution in [-0.4, -0.2) is 60.9 Å². The molecular weight excluding hydrogens is 602 g/mol. The van der Waals surface area contributed by atoms with Crippen molar-refractivity contribution in [2.24, 2.45) is 0 Å². The Morgan fingerprint density at radius 3 is 2.46 bits per heavy atom. The molecule has 1 fully saturated rings. The molecule has 1 heterocycles. The Bertz CT molecular complexity index is 1340. The van der Waals surface area contributed by atoms with Crippen LogP contribution in [0.3, 0.4) is 0 Å². The lowest BCUT2D eigenvalue weighted by Gasteiger charge is -2.36. The number of carbonyl (C=O) groups is 1. The number of benzene rings is 2. The van der Waals surface area contributed by atoms with Gasteiger partial charge in [0.1, 0.15) is 0 Å². The summed E-state index contributed by atoms with van der Waals surface area (Å²) in [5.41, 5.74) is 1.98. The Morgan fingerprint density at radius 1 is 1.05 bits per heavy atom. The predicted molar refractivity (Wildman–Crippen MR) is 157 cm³/mol. The fraction of sp³-hybridized carbons (Fsp3) is 0.414. The minimum absolute atomic E-state index is 0.0644. The number of ether oxygens (including phenoxy) is 1. The first-order chi connectivity index (χ1) is 18.8. The molecule has 0 N–H and O–H groups in total. The molecule has 1 saturated carbocycles. The summed E-state index contributed by atoms with van der Waals surface area (Å²) in [6.45, 7) is 1.02. The smallest absolute Gasteiger partial charge is 0.243 e. The van der Waals surface area contributed by atoms with Gasteiger partial charge in [0.25, 0.3) is 0 Å². The minimum Gasteiger partial charge on any atom is -0.383 e. The summed E-state index contributed by atoms with van der Waals surface area (Å²) in [5, 5.41) is 0.698. The molecule has 39 heavy (non-hydrogen) atoms. The van der Waals surface area contributed by atoms with E-state index in [9.17, 15) is 13.2 Å². The van der Waals surface area contributed by atoms with Crippen LogP contribution >= 0.6 is 27.5 Å². The molecule has 10 heteroatoms. The van der Waals surface area contributed by atoms with E-state index >= 15 is 0 Å². The second kappa shape index (κ2) is 13.9. The highest BCUT2D eigenvalue weighted by molar-refractivity contribution is 9.10. The highest BCUT2D eigenvalue weighted by atomic mass is 79.9. The maximum absolute atomic E-state index is 13.9. The van der Waals surface area contributed by atoms with Crippen LogP contribution in [0.4, 0.5) is 0 Å². The summed E-state index contributed by atoms with van der Waals surface area (Å²) in [6.07, 6.45) is 7.08. The molecule has 4 rings (SSSR count). The summed E-state index contributed by atoms with van der Waals surface area (Å²) >= 11 is 9.77. The van der Waals surface area contributed by atoms with Gasteiger partial charge < -0.3 is 14.2 Å². The Morgan fingerprint density at radius 2 is 1.77 bits per heavy atom. The molecule has 0 spiro atoms. The van der Waals surface area contributed by atoms with Crippen LogP contribution in [0.1, 0.15) is 43.4 Å². The number of hydrogen-bond acceptors (Lipinski definition) is 4. The second-order valence-corrected chi connectivity index (χ2v) is 13.1. The van der Waals surface area contributed by atoms with Crippen LogP contribution in [0.25, 0.3) is 0 Å². The summed E-state index contributed by atoms with van der Waals surface area (Å²) < 4.78 is 36.4. The van der Waals surface area contributed by atoms with Crippen LogP contribution in [0.2, 0.25) is 5.02 Å². The van der Waals surface area contributed by atoms with Crippen LogP contribution < -0.4 is 0 Å². The van der Waals surface area contributed by atoms with Gasteiger partial charge in [-0.15, -0.1) is 0 Å². The van der Waals surface area contributed by atoms with Crippen molar-refractivity contribution in [3.63, 3.8) is 0 Å². The van der Waals surface area contributed by atoms with Gasteiger partial charge >= 0.3 is 0 Å². The Labute approximate surface area is 244 Å². The number of amides is 1. The minimum atomic E-state index is -3.90. The van der Waals surface area contributed by atoms with Crippen LogP contribution in [0.15, 0.2) is 76.2 Å². The third-order valence-corrected chi connectivity index (χ3v) is 9.95. The van der Waals surface area contributed by atoms with Crippen molar-refractivity contribution in [1.82, 2.24) is 13.8 Å². The van der Waals surface area contributed by atoms with Gasteiger partial charge in [0.05, 0.1) is 24.6 Å². The van der Waals surface area contributed by atoms with Crippen molar-refractivity contribution in [3.8, 4) is 0 Å². The molecule has 1 aliphatic rings. The van der Waals surface area contributed by atoms with E-state index in [4.69, 9.17) is 16.3 Å². The standard InChI is InChI=1S/C29H35BrClN3O4S/c1-38-19-18-33(39(36,37)27-15-13-24(30)14-16-27)22-29(35)34(25-9-3-2-4-10-25)21-26-11-7-17-32(26)20-23-8-5-6-12-28(23)31/h5-8,11-17,25H,2-4,9-10,18-22H2,1H3. The van der Waals surface area contributed by atoms with E-state index in [1.54, 1.807) is 24.3 Å². The number of carbonyl (C=O) groups excluding carboxylic acids is 1. The molecule has 3 aromatic rings. The van der Waals surface area contributed by atoms with Gasteiger partial charge in [0.15, 0.2) is 0 Å². The third-order valence-electron chi connectivity index (χ3n) is 7.20. The molecule has 1 aromatic heterocycles. The summed E-state index contributed by atoms with van der Waals surface area (Å²) in [5.74, 6) is -0.204. The normalized spacial score (nSPS) is 14.6. The monoisotopic (exact) mass is 635 g/mol. The SMILES string of the molecule is COCCN(CC(=O)N(Cc1cccn1Cc1ccccc1Cl)C1CCCCC1)S(=O)(=O)c1ccc(Br)cc1. The topological polar surface area (TPSA) is 71.8 Å². The molecule has 0 saturated heterocycles. The predicted octanol–water partition coefficient (Wildman–Crippen LogP) is 5.95. The van der Waals surface area contributed by atoms with Gasteiger partial charge in [-0.25, -0.2) is 8.42 Å². The second-order valence-electron chi connectivity index (χ2n) is 9.82. The molecule has 0 aliphatic heterocycles. The first-order valence-corrected chi connectivity index (χ1v) is 15.8. The van der Waals surface area contributed by atoms with E-state index in [0.29, 0.717) is 18.1 Å². The molecule has 0 unspecified atom stereocenters. The van der Waals surface area contributed by atoms with Gasteiger partial charge in [-0.1, -0.05) is 65.0 Å². The van der Waals surface area contributed by atoms with Gasteiger partial charge in [0.2, 0.25) is 15.9 Å². The van der Waals surface area contributed by atoms with Gasteiger partial charge in [-0.2, -0.15) is 4.31 Å². The third kappa shape index (κ3) is 7.73. The summed E-state index contributed by atoms with van der Waals surface area (Å²) in [4.78, 5) is 16.0. The highest BCUT2D eigenvalue weighted by Crippen LogP contribution is 2.26. The average Bonchev–Trinajstić information content (AvgIpc) is 3.38. The Kier molecular flexibility index (Phi) is 10.7. The van der Waals surface area contributed by atoms with Crippen molar-refractivity contribution in [1.29, 1.82) is 0 Å². The van der Waals surface area contributed by atoms with Gasteiger partial charge in [0, 0.05) is 47.6 Å². The number of rotatable bonds is 12. The maximum Gasteiger partial charge on any atom is 0.243 e. The average molecular weight is 637 g/mol. The van der Waals surface area contributed by atoms with Gasteiger partial charge in [-0.3, -0.25) is 4.79 Å². The molecule has 1 aliphatic carbocycles. The van der Waals surface area contributed by atoms with E-state index in [-0.39, 0.29) is 36.5 Å². The van der Waals surface area contributed by atoms with E-state index in [1.165, 1.54) is 11.4 Å². The first-order valence-electron chi connectivity index (χ1n) is 13.2. The van der Waals surface area contributed by atoms with Crippen molar-refractivity contribution in [3.05, 3.63) is 87.6 Å². The molecule has 7 nitrogen and oxygen atoms in total. The molecule has 2 aromatic carbocycles.